The standard InChI is InChI=1S/C13H10OS2.Na.H/c14-9-10-6-7-12(15)13(8-10)16-11-4-2-1-3-5-11;;/h1-9,15H;;. The van der Waals surface area contributed by atoms with Crippen molar-refractivity contribution < 1.29 is 4.79 Å². The summed E-state index contributed by atoms with van der Waals surface area (Å²) in [5, 5.41) is 0. The van der Waals surface area contributed by atoms with Crippen LogP contribution in [0.1, 0.15) is 10.4 Å². The minimum atomic E-state index is 0. The first-order chi connectivity index (χ1) is 7.79. The SMILES string of the molecule is O=Cc1ccc(S)c(Sc2ccccc2)c1.[NaH]. The molecule has 0 bridgehead atoms. The van der Waals surface area contributed by atoms with E-state index >= 15 is 0 Å². The Morgan fingerprint density at radius 3 is 2.41 bits per heavy atom. The van der Waals surface area contributed by atoms with Crippen molar-refractivity contribution in [1.29, 1.82) is 0 Å². The molecule has 2 aromatic rings. The molecule has 1 nitrogen and oxygen atoms in total. The third kappa shape index (κ3) is 4.19. The Morgan fingerprint density at radius 1 is 1.06 bits per heavy atom. The number of carbonyl (C=O) groups excluding carboxylic acids is 1. The molecule has 0 aliphatic carbocycles. The summed E-state index contributed by atoms with van der Waals surface area (Å²) < 4.78 is 0. The van der Waals surface area contributed by atoms with Crippen LogP contribution in [-0.4, -0.2) is 35.8 Å². The van der Waals surface area contributed by atoms with Crippen LogP contribution in [-0.2, 0) is 0 Å². The first-order valence-corrected chi connectivity index (χ1v) is 6.07. The van der Waals surface area contributed by atoms with E-state index < -0.39 is 0 Å². The fraction of sp³-hybridized carbons (Fsp3) is 0. The molecule has 2 rings (SSSR count). The molecule has 2 aromatic carbocycles. The second-order valence-corrected chi connectivity index (χ2v) is 4.86. The van der Waals surface area contributed by atoms with E-state index in [9.17, 15) is 4.79 Å². The molecule has 17 heavy (non-hydrogen) atoms. The van der Waals surface area contributed by atoms with Crippen LogP contribution < -0.4 is 0 Å². The van der Waals surface area contributed by atoms with Crippen molar-refractivity contribution in [2.24, 2.45) is 0 Å². The minimum absolute atomic E-state index is 0. The van der Waals surface area contributed by atoms with Gasteiger partial charge in [-0.1, -0.05) is 36.0 Å². The van der Waals surface area contributed by atoms with E-state index in [-0.39, 0.29) is 29.6 Å². The number of hydrogen-bond donors (Lipinski definition) is 1. The third-order valence-corrected chi connectivity index (χ3v) is 3.70. The van der Waals surface area contributed by atoms with E-state index in [1.165, 1.54) is 0 Å². The number of aldehydes is 1. The maximum atomic E-state index is 10.7. The van der Waals surface area contributed by atoms with Crippen molar-refractivity contribution in [2.75, 3.05) is 0 Å². The van der Waals surface area contributed by atoms with E-state index in [2.05, 4.69) is 12.6 Å². The van der Waals surface area contributed by atoms with Gasteiger partial charge in [0.1, 0.15) is 6.29 Å². The van der Waals surface area contributed by atoms with E-state index in [0.717, 1.165) is 21.0 Å². The van der Waals surface area contributed by atoms with Crippen LogP contribution in [0.15, 0.2) is 63.2 Å². The first-order valence-electron chi connectivity index (χ1n) is 4.80. The van der Waals surface area contributed by atoms with Crippen molar-refractivity contribution in [1.82, 2.24) is 0 Å². The van der Waals surface area contributed by atoms with Gasteiger partial charge < -0.3 is 0 Å². The Labute approximate surface area is 133 Å². The van der Waals surface area contributed by atoms with Gasteiger partial charge in [0.05, 0.1) is 0 Å². The Kier molecular flexibility index (Phi) is 6.38. The summed E-state index contributed by atoms with van der Waals surface area (Å²) in [6.07, 6.45) is 0.849. The molecule has 82 valence electrons. The third-order valence-electron chi connectivity index (χ3n) is 2.09. The topological polar surface area (TPSA) is 17.1 Å². The molecule has 0 spiro atoms. The van der Waals surface area contributed by atoms with Gasteiger partial charge in [-0.3, -0.25) is 4.79 Å². The number of rotatable bonds is 3. The van der Waals surface area contributed by atoms with E-state index in [0.29, 0.717) is 5.56 Å². The van der Waals surface area contributed by atoms with Gasteiger partial charge >= 0.3 is 29.6 Å². The van der Waals surface area contributed by atoms with Crippen LogP contribution in [0.3, 0.4) is 0 Å². The summed E-state index contributed by atoms with van der Waals surface area (Å²) in [5.74, 6) is 0. The summed E-state index contributed by atoms with van der Waals surface area (Å²) in [7, 11) is 0. The summed E-state index contributed by atoms with van der Waals surface area (Å²) in [6.45, 7) is 0. The molecule has 0 saturated carbocycles. The van der Waals surface area contributed by atoms with Gasteiger partial charge in [-0.25, -0.2) is 0 Å². The molecule has 0 amide bonds. The summed E-state index contributed by atoms with van der Waals surface area (Å²) in [4.78, 5) is 13.7. The van der Waals surface area contributed by atoms with Crippen LogP contribution in [0.25, 0.3) is 0 Å². The molecule has 0 heterocycles. The summed E-state index contributed by atoms with van der Waals surface area (Å²) in [5.41, 5.74) is 0.677. The van der Waals surface area contributed by atoms with Gasteiger partial charge in [0.25, 0.3) is 0 Å². The van der Waals surface area contributed by atoms with Crippen LogP contribution in [0.2, 0.25) is 0 Å². The Bertz CT molecular complexity index is 500. The second kappa shape index (κ2) is 7.29. The Balaban J connectivity index is 0.00000144. The average molecular weight is 270 g/mol. The van der Waals surface area contributed by atoms with E-state index in [1.807, 2.05) is 42.5 Å². The van der Waals surface area contributed by atoms with E-state index in [4.69, 9.17) is 0 Å². The quantitative estimate of drug-likeness (QED) is 0.523. The van der Waals surface area contributed by atoms with Gasteiger partial charge in [0.15, 0.2) is 0 Å². The number of thiol groups is 1. The zero-order valence-electron chi connectivity index (χ0n) is 8.46. The molecule has 0 unspecified atom stereocenters. The Hall–Kier alpha value is -0.190. The second-order valence-electron chi connectivity index (χ2n) is 3.26. The molecule has 0 aromatic heterocycles. The molecule has 0 radical (unpaired) electrons. The van der Waals surface area contributed by atoms with E-state index in [1.54, 1.807) is 17.8 Å². The molecule has 0 atom stereocenters. The van der Waals surface area contributed by atoms with Crippen LogP contribution in [0.5, 0.6) is 0 Å². The zero-order valence-corrected chi connectivity index (χ0v) is 10.2. The molecule has 4 heteroatoms. The molecule has 0 N–H and O–H groups in total. The van der Waals surface area contributed by atoms with Crippen molar-refractivity contribution in [2.45, 2.75) is 14.7 Å². The number of benzene rings is 2. The van der Waals surface area contributed by atoms with Crippen molar-refractivity contribution in [3.05, 3.63) is 54.1 Å². The summed E-state index contributed by atoms with van der Waals surface area (Å²) >= 11 is 5.99. The molecule has 0 aliphatic rings. The van der Waals surface area contributed by atoms with Crippen molar-refractivity contribution >= 4 is 60.2 Å². The first kappa shape index (κ1) is 14.9. The molecule has 0 fully saturated rings. The molecule has 0 aliphatic heterocycles. The van der Waals surface area contributed by atoms with Gasteiger partial charge in [-0.15, -0.1) is 12.6 Å². The van der Waals surface area contributed by atoms with Crippen LogP contribution >= 0.6 is 24.4 Å². The van der Waals surface area contributed by atoms with Gasteiger partial charge in [0.2, 0.25) is 0 Å². The fourth-order valence-electron chi connectivity index (χ4n) is 1.30. The average Bonchev–Trinajstić information content (AvgIpc) is 2.33. The normalized spacial score (nSPS) is 9.47. The zero-order chi connectivity index (χ0) is 11.4. The van der Waals surface area contributed by atoms with Crippen LogP contribution in [0, 0.1) is 0 Å². The van der Waals surface area contributed by atoms with Crippen molar-refractivity contribution in [3.63, 3.8) is 0 Å². The summed E-state index contributed by atoms with van der Waals surface area (Å²) in [6, 6.07) is 15.5. The predicted molar refractivity (Wildman–Crippen MR) is 76.8 cm³/mol. The number of carbonyl (C=O) groups is 1. The van der Waals surface area contributed by atoms with Gasteiger partial charge in [-0.05, 0) is 24.3 Å². The van der Waals surface area contributed by atoms with Crippen molar-refractivity contribution in [3.8, 4) is 0 Å². The molecular formula is C13H11NaOS2. The number of hydrogen-bond acceptors (Lipinski definition) is 3. The predicted octanol–water partition coefficient (Wildman–Crippen LogP) is 3.29. The molecule has 0 saturated heterocycles. The van der Waals surface area contributed by atoms with Gasteiger partial charge in [0, 0.05) is 20.2 Å². The monoisotopic (exact) mass is 270 g/mol. The van der Waals surface area contributed by atoms with Crippen LogP contribution in [0.4, 0.5) is 0 Å². The van der Waals surface area contributed by atoms with Gasteiger partial charge in [-0.2, -0.15) is 0 Å². The maximum absolute atomic E-state index is 10.7. The fourth-order valence-corrected chi connectivity index (χ4v) is 2.49. The Morgan fingerprint density at radius 2 is 1.76 bits per heavy atom. The molecular weight excluding hydrogens is 259 g/mol.